The smallest absolute Gasteiger partial charge is 0.317 e. The Kier molecular flexibility index (Phi) is 6.91. The first-order valence-electron chi connectivity index (χ1n) is 7.52. The van der Waals surface area contributed by atoms with Crippen LogP contribution < -0.4 is 4.74 Å². The molecule has 0 aliphatic heterocycles. The Bertz CT molecular complexity index is 679. The Morgan fingerprint density at radius 2 is 1.88 bits per heavy atom. The van der Waals surface area contributed by atoms with E-state index in [9.17, 15) is 4.79 Å². The van der Waals surface area contributed by atoms with Gasteiger partial charge < -0.3 is 9.84 Å². The SMILES string of the molecule is CN(CC[C@H](Oc1ccc(Cl)c(Cl)c1)c1ccccc1)CC(=O)O. The lowest BCUT2D eigenvalue weighted by atomic mass is 10.1. The topological polar surface area (TPSA) is 49.8 Å². The molecule has 2 aromatic rings. The lowest BCUT2D eigenvalue weighted by Crippen LogP contribution is -2.28. The Hall–Kier alpha value is -1.75. The molecule has 2 rings (SSSR count). The van der Waals surface area contributed by atoms with Gasteiger partial charge >= 0.3 is 5.97 Å². The number of likely N-dealkylation sites (N-methyl/N-ethyl adjacent to an activating group) is 1. The van der Waals surface area contributed by atoms with Gasteiger partial charge in [-0.1, -0.05) is 53.5 Å². The molecule has 0 saturated heterocycles. The molecule has 24 heavy (non-hydrogen) atoms. The zero-order chi connectivity index (χ0) is 17.5. The maximum absolute atomic E-state index is 10.8. The number of nitrogens with zero attached hydrogens (tertiary/aromatic N) is 1. The lowest BCUT2D eigenvalue weighted by Gasteiger charge is -2.22. The number of carboxylic acids is 1. The van der Waals surface area contributed by atoms with E-state index in [1.165, 1.54) is 0 Å². The van der Waals surface area contributed by atoms with Crippen LogP contribution in [0.2, 0.25) is 10.0 Å². The molecule has 6 heteroatoms. The number of ether oxygens (including phenoxy) is 1. The van der Waals surface area contributed by atoms with Crippen LogP contribution in [0.1, 0.15) is 18.1 Å². The van der Waals surface area contributed by atoms with E-state index in [1.807, 2.05) is 30.3 Å². The van der Waals surface area contributed by atoms with Crippen molar-refractivity contribution in [3.63, 3.8) is 0 Å². The van der Waals surface area contributed by atoms with Crippen molar-refractivity contribution >= 4 is 29.2 Å². The van der Waals surface area contributed by atoms with Gasteiger partial charge in [-0.25, -0.2) is 0 Å². The molecule has 0 aromatic heterocycles. The summed E-state index contributed by atoms with van der Waals surface area (Å²) in [5, 5.41) is 9.77. The van der Waals surface area contributed by atoms with Gasteiger partial charge in [0.15, 0.2) is 0 Å². The highest BCUT2D eigenvalue weighted by Crippen LogP contribution is 2.30. The summed E-state index contributed by atoms with van der Waals surface area (Å²) in [4.78, 5) is 12.5. The molecule has 0 saturated carbocycles. The van der Waals surface area contributed by atoms with E-state index < -0.39 is 5.97 Å². The van der Waals surface area contributed by atoms with Crippen LogP contribution in [0.4, 0.5) is 0 Å². The van der Waals surface area contributed by atoms with E-state index in [-0.39, 0.29) is 12.6 Å². The minimum Gasteiger partial charge on any atom is -0.486 e. The van der Waals surface area contributed by atoms with Crippen molar-refractivity contribution in [2.45, 2.75) is 12.5 Å². The second-order valence-corrected chi connectivity index (χ2v) is 6.33. The van der Waals surface area contributed by atoms with E-state index in [1.54, 1.807) is 30.1 Å². The molecular weight excluding hydrogens is 349 g/mol. The van der Waals surface area contributed by atoms with Crippen molar-refractivity contribution < 1.29 is 14.6 Å². The number of halogens is 2. The fourth-order valence-electron chi connectivity index (χ4n) is 2.32. The summed E-state index contributed by atoms with van der Waals surface area (Å²) in [5.74, 6) is -0.224. The number of hydrogen-bond acceptors (Lipinski definition) is 3. The summed E-state index contributed by atoms with van der Waals surface area (Å²) in [6, 6.07) is 14.9. The Morgan fingerprint density at radius 3 is 2.50 bits per heavy atom. The molecule has 0 amide bonds. The molecule has 128 valence electrons. The van der Waals surface area contributed by atoms with Crippen LogP contribution in [0.25, 0.3) is 0 Å². The third-order valence-corrected chi connectivity index (χ3v) is 4.26. The van der Waals surface area contributed by atoms with Crippen LogP contribution in [-0.2, 0) is 4.79 Å². The molecule has 0 heterocycles. The molecule has 0 radical (unpaired) electrons. The zero-order valence-corrected chi connectivity index (χ0v) is 14.8. The van der Waals surface area contributed by atoms with E-state index in [2.05, 4.69) is 0 Å². The van der Waals surface area contributed by atoms with E-state index in [4.69, 9.17) is 33.0 Å². The summed E-state index contributed by atoms with van der Waals surface area (Å²) in [6.07, 6.45) is 0.438. The molecule has 0 aliphatic rings. The normalized spacial score (nSPS) is 12.2. The number of benzene rings is 2. The molecule has 4 nitrogen and oxygen atoms in total. The van der Waals surface area contributed by atoms with Crippen LogP contribution in [0.3, 0.4) is 0 Å². The maximum atomic E-state index is 10.8. The van der Waals surface area contributed by atoms with Crippen molar-refractivity contribution in [1.82, 2.24) is 4.90 Å². The first-order chi connectivity index (χ1) is 11.5. The molecule has 0 fully saturated rings. The fourth-order valence-corrected chi connectivity index (χ4v) is 2.61. The van der Waals surface area contributed by atoms with Gasteiger partial charge in [-0.3, -0.25) is 9.69 Å². The zero-order valence-electron chi connectivity index (χ0n) is 13.3. The van der Waals surface area contributed by atoms with Gasteiger partial charge in [-0.05, 0) is 24.7 Å². The Balaban J connectivity index is 2.11. The largest absolute Gasteiger partial charge is 0.486 e. The number of carbonyl (C=O) groups is 1. The molecule has 0 spiro atoms. The van der Waals surface area contributed by atoms with Gasteiger partial charge in [0, 0.05) is 19.0 Å². The monoisotopic (exact) mass is 367 g/mol. The molecule has 0 aliphatic carbocycles. The van der Waals surface area contributed by atoms with Crippen molar-refractivity contribution in [2.24, 2.45) is 0 Å². The molecule has 2 aromatic carbocycles. The van der Waals surface area contributed by atoms with Gasteiger partial charge in [-0.15, -0.1) is 0 Å². The number of aliphatic carboxylic acids is 1. The van der Waals surface area contributed by atoms with Crippen LogP contribution in [0.5, 0.6) is 5.75 Å². The van der Waals surface area contributed by atoms with E-state index >= 15 is 0 Å². The van der Waals surface area contributed by atoms with Gasteiger partial charge in [0.2, 0.25) is 0 Å². The molecule has 1 N–H and O–H groups in total. The molecular formula is C18H19Cl2NO3. The summed E-state index contributed by atoms with van der Waals surface area (Å²) in [6.45, 7) is 0.585. The van der Waals surface area contributed by atoms with Crippen molar-refractivity contribution in [3.05, 3.63) is 64.1 Å². The average molecular weight is 368 g/mol. The van der Waals surface area contributed by atoms with E-state index in [0.717, 1.165) is 5.56 Å². The molecule has 0 bridgehead atoms. The predicted molar refractivity (Wildman–Crippen MR) is 96.0 cm³/mol. The second-order valence-electron chi connectivity index (χ2n) is 5.51. The Morgan fingerprint density at radius 1 is 1.17 bits per heavy atom. The van der Waals surface area contributed by atoms with Crippen molar-refractivity contribution in [1.29, 1.82) is 0 Å². The summed E-state index contributed by atoms with van der Waals surface area (Å²) in [7, 11) is 1.77. The minimum atomic E-state index is -0.848. The van der Waals surface area contributed by atoms with Gasteiger partial charge in [-0.2, -0.15) is 0 Å². The predicted octanol–water partition coefficient (Wildman–Crippen LogP) is 4.52. The van der Waals surface area contributed by atoms with E-state index in [0.29, 0.717) is 28.8 Å². The number of carboxylic acid groups (broad SMARTS) is 1. The van der Waals surface area contributed by atoms with Crippen LogP contribution in [0.15, 0.2) is 48.5 Å². The van der Waals surface area contributed by atoms with Gasteiger partial charge in [0.05, 0.1) is 16.6 Å². The fraction of sp³-hybridized carbons (Fsp3) is 0.278. The number of hydrogen-bond donors (Lipinski definition) is 1. The van der Waals surface area contributed by atoms with Crippen LogP contribution in [-0.4, -0.2) is 36.1 Å². The van der Waals surface area contributed by atoms with Crippen molar-refractivity contribution in [2.75, 3.05) is 20.1 Å². The maximum Gasteiger partial charge on any atom is 0.317 e. The average Bonchev–Trinajstić information content (AvgIpc) is 2.55. The van der Waals surface area contributed by atoms with Crippen LogP contribution in [0, 0.1) is 0 Å². The molecule has 1 atom stereocenters. The first-order valence-corrected chi connectivity index (χ1v) is 8.28. The third-order valence-electron chi connectivity index (χ3n) is 3.52. The highest BCUT2D eigenvalue weighted by Gasteiger charge is 2.16. The first kappa shape index (κ1) is 18.6. The lowest BCUT2D eigenvalue weighted by molar-refractivity contribution is -0.138. The summed E-state index contributed by atoms with van der Waals surface area (Å²) >= 11 is 12.0. The Labute approximate surface area is 151 Å². The standard InChI is InChI=1S/C18H19Cl2NO3/c1-21(12-18(22)23)10-9-17(13-5-3-2-4-6-13)24-14-7-8-15(19)16(20)11-14/h2-8,11,17H,9-10,12H2,1H3,(H,22,23)/t17-/m0/s1. The van der Waals surface area contributed by atoms with Crippen molar-refractivity contribution in [3.8, 4) is 5.75 Å². The highest BCUT2D eigenvalue weighted by molar-refractivity contribution is 6.42. The van der Waals surface area contributed by atoms with Crippen LogP contribution >= 0.6 is 23.2 Å². The highest BCUT2D eigenvalue weighted by atomic mass is 35.5. The third kappa shape index (κ3) is 5.71. The molecule has 0 unspecified atom stereocenters. The minimum absolute atomic E-state index is 0.00567. The summed E-state index contributed by atoms with van der Waals surface area (Å²) < 4.78 is 6.07. The van der Waals surface area contributed by atoms with Gasteiger partial charge in [0.1, 0.15) is 11.9 Å². The second kappa shape index (κ2) is 8.92. The summed E-state index contributed by atoms with van der Waals surface area (Å²) in [5.41, 5.74) is 1.02. The number of rotatable bonds is 8. The quantitative estimate of drug-likeness (QED) is 0.744. The van der Waals surface area contributed by atoms with Gasteiger partial charge in [0.25, 0.3) is 0 Å².